The van der Waals surface area contributed by atoms with Crippen molar-refractivity contribution in [2.45, 2.75) is 44.8 Å². The normalized spacial score (nSPS) is 18.3. The fourth-order valence-corrected chi connectivity index (χ4v) is 5.49. The van der Waals surface area contributed by atoms with Gasteiger partial charge in [0.15, 0.2) is 5.82 Å². The van der Waals surface area contributed by atoms with E-state index in [0.29, 0.717) is 43.3 Å². The zero-order valence-corrected chi connectivity index (χ0v) is 19.6. The summed E-state index contributed by atoms with van der Waals surface area (Å²) < 4.78 is 0. The van der Waals surface area contributed by atoms with Crippen molar-refractivity contribution in [3.8, 4) is 5.75 Å². The van der Waals surface area contributed by atoms with E-state index in [2.05, 4.69) is 20.8 Å². The van der Waals surface area contributed by atoms with E-state index in [9.17, 15) is 14.7 Å². The van der Waals surface area contributed by atoms with Crippen LogP contribution >= 0.6 is 0 Å². The van der Waals surface area contributed by atoms with Crippen LogP contribution in [0, 0.1) is 0 Å². The molecule has 3 aliphatic rings. The zero-order valence-electron chi connectivity index (χ0n) is 19.6. The number of amides is 2. The second kappa shape index (κ2) is 8.88. The van der Waals surface area contributed by atoms with Gasteiger partial charge in [-0.3, -0.25) is 14.7 Å². The van der Waals surface area contributed by atoms with Crippen molar-refractivity contribution in [3.05, 3.63) is 52.6 Å². The van der Waals surface area contributed by atoms with Crippen LogP contribution in [0.4, 0.5) is 5.82 Å². The molecule has 3 heterocycles. The summed E-state index contributed by atoms with van der Waals surface area (Å²) in [7, 11) is 0. The Morgan fingerprint density at radius 1 is 0.971 bits per heavy atom. The van der Waals surface area contributed by atoms with E-state index < -0.39 is 0 Å². The van der Waals surface area contributed by atoms with E-state index in [1.807, 2.05) is 23.1 Å². The number of carbonyl (C=O) groups is 2. The van der Waals surface area contributed by atoms with Crippen LogP contribution in [0.1, 0.15) is 57.5 Å². The van der Waals surface area contributed by atoms with Crippen molar-refractivity contribution in [1.82, 2.24) is 25.3 Å². The highest BCUT2D eigenvalue weighted by Crippen LogP contribution is 2.33. The first kappa shape index (κ1) is 21.9. The number of nitrogens with one attached hydrogen (secondary N) is 3. The lowest BCUT2D eigenvalue weighted by Crippen LogP contribution is -2.46. The average Bonchev–Trinajstić information content (AvgIpc) is 3.63. The topological polar surface area (TPSA) is 114 Å². The number of carbonyl (C=O) groups excluding carboxylic acids is 2. The van der Waals surface area contributed by atoms with Crippen LogP contribution in [-0.4, -0.2) is 69.1 Å². The molecule has 35 heavy (non-hydrogen) atoms. The van der Waals surface area contributed by atoms with E-state index in [4.69, 9.17) is 0 Å². The number of aromatic amines is 1. The summed E-state index contributed by atoms with van der Waals surface area (Å²) in [6.45, 7) is 3.88. The van der Waals surface area contributed by atoms with Crippen molar-refractivity contribution < 1.29 is 14.7 Å². The van der Waals surface area contributed by atoms with Crippen LogP contribution in [0.2, 0.25) is 0 Å². The lowest BCUT2D eigenvalue weighted by molar-refractivity contribution is 0.0734. The molecule has 2 aromatic carbocycles. The molecule has 182 valence electrons. The Balaban J connectivity index is 1.22. The van der Waals surface area contributed by atoms with Crippen LogP contribution < -0.4 is 10.6 Å². The maximum atomic E-state index is 13.5. The highest BCUT2D eigenvalue weighted by molar-refractivity contribution is 6.03. The van der Waals surface area contributed by atoms with E-state index in [1.165, 1.54) is 12.8 Å². The van der Waals surface area contributed by atoms with Crippen molar-refractivity contribution in [3.63, 3.8) is 0 Å². The van der Waals surface area contributed by atoms with Gasteiger partial charge in [0.2, 0.25) is 0 Å². The third-order valence-corrected chi connectivity index (χ3v) is 7.47. The molecule has 1 aliphatic carbocycles. The average molecular weight is 475 g/mol. The van der Waals surface area contributed by atoms with Gasteiger partial charge in [-0.25, -0.2) is 0 Å². The fraction of sp³-hybridized carbons (Fsp3) is 0.423. The Labute approximate surface area is 203 Å². The molecule has 6 rings (SSSR count). The largest absolute Gasteiger partial charge is 0.507 e. The Morgan fingerprint density at radius 3 is 2.54 bits per heavy atom. The molecule has 0 spiro atoms. The van der Waals surface area contributed by atoms with Gasteiger partial charge in [-0.15, -0.1) is 0 Å². The van der Waals surface area contributed by atoms with Gasteiger partial charge in [-0.05, 0) is 42.2 Å². The third kappa shape index (κ3) is 4.10. The summed E-state index contributed by atoms with van der Waals surface area (Å²) in [5, 5.41) is 25.5. The first-order valence-corrected chi connectivity index (χ1v) is 12.5. The maximum Gasteiger partial charge on any atom is 0.258 e. The van der Waals surface area contributed by atoms with Crippen molar-refractivity contribution in [2.24, 2.45) is 0 Å². The number of hydrogen-bond donors (Lipinski definition) is 4. The van der Waals surface area contributed by atoms with Crippen molar-refractivity contribution in [2.75, 3.05) is 31.5 Å². The molecular weight excluding hydrogens is 444 g/mol. The summed E-state index contributed by atoms with van der Waals surface area (Å²) in [5.41, 5.74) is 3.62. The molecule has 1 saturated heterocycles. The molecule has 1 saturated carbocycles. The highest BCUT2D eigenvalue weighted by Gasteiger charge is 2.28. The molecule has 3 aromatic rings. The molecule has 0 radical (unpaired) electrons. The van der Waals surface area contributed by atoms with Gasteiger partial charge in [0.05, 0.1) is 11.1 Å². The molecule has 9 nitrogen and oxygen atoms in total. The summed E-state index contributed by atoms with van der Waals surface area (Å²) in [4.78, 5) is 29.9. The van der Waals surface area contributed by atoms with Crippen molar-refractivity contribution in [1.29, 1.82) is 0 Å². The van der Waals surface area contributed by atoms with Crippen LogP contribution in [0.5, 0.6) is 5.75 Å². The predicted molar refractivity (Wildman–Crippen MR) is 132 cm³/mol. The molecular formula is C26H30N6O3. The van der Waals surface area contributed by atoms with Gasteiger partial charge in [0.1, 0.15) is 5.75 Å². The van der Waals surface area contributed by atoms with E-state index in [0.717, 1.165) is 48.3 Å². The van der Waals surface area contributed by atoms with Gasteiger partial charge in [0, 0.05) is 62.3 Å². The van der Waals surface area contributed by atoms with Gasteiger partial charge in [-0.1, -0.05) is 18.9 Å². The van der Waals surface area contributed by atoms with E-state index in [1.54, 1.807) is 17.0 Å². The Kier molecular flexibility index (Phi) is 5.56. The Morgan fingerprint density at radius 2 is 1.74 bits per heavy atom. The molecule has 0 unspecified atom stereocenters. The number of phenolic OH excluding ortho intramolecular Hbond substituents is 1. The van der Waals surface area contributed by atoms with Gasteiger partial charge >= 0.3 is 0 Å². The first-order chi connectivity index (χ1) is 17.1. The maximum absolute atomic E-state index is 13.5. The second-order valence-corrected chi connectivity index (χ2v) is 9.80. The first-order valence-electron chi connectivity index (χ1n) is 12.5. The summed E-state index contributed by atoms with van der Waals surface area (Å²) in [6, 6.07) is 9.41. The van der Waals surface area contributed by atoms with Crippen LogP contribution in [0.25, 0.3) is 10.9 Å². The minimum Gasteiger partial charge on any atom is -0.507 e. The standard InChI is InChI=1S/C26H30N6O3/c33-23-13-22-20(24(30-29-22)28-19-3-1-2-4-19)12-21(23)26(35)32-14-17-6-5-16(11-18(17)15-32)25(34)31-9-7-27-8-10-31/h5-6,11-13,19,27,33H,1-4,7-10,14-15H2,(H2,28,29,30). The number of benzene rings is 2. The number of piperazine rings is 1. The highest BCUT2D eigenvalue weighted by atomic mass is 16.3. The van der Waals surface area contributed by atoms with Gasteiger partial charge in [0.25, 0.3) is 11.8 Å². The number of hydrogen-bond acceptors (Lipinski definition) is 6. The smallest absolute Gasteiger partial charge is 0.258 e. The number of aromatic hydroxyl groups is 1. The lowest BCUT2D eigenvalue weighted by Gasteiger charge is -2.27. The Hall–Kier alpha value is -3.59. The molecule has 0 atom stereocenters. The van der Waals surface area contributed by atoms with Crippen molar-refractivity contribution >= 4 is 28.5 Å². The fourth-order valence-electron chi connectivity index (χ4n) is 5.49. The van der Waals surface area contributed by atoms with Crippen LogP contribution in [-0.2, 0) is 13.1 Å². The number of nitrogens with zero attached hydrogens (tertiary/aromatic N) is 3. The molecule has 2 aliphatic heterocycles. The summed E-state index contributed by atoms with van der Waals surface area (Å²) >= 11 is 0. The number of fused-ring (bicyclic) bond motifs is 2. The number of anilines is 1. The third-order valence-electron chi connectivity index (χ3n) is 7.47. The molecule has 4 N–H and O–H groups in total. The quantitative estimate of drug-likeness (QED) is 0.463. The van der Waals surface area contributed by atoms with E-state index in [-0.39, 0.29) is 23.1 Å². The number of aromatic nitrogens is 2. The number of phenols is 1. The minimum absolute atomic E-state index is 0.0319. The monoisotopic (exact) mass is 474 g/mol. The molecule has 1 aromatic heterocycles. The SMILES string of the molecule is O=C(c1ccc2c(c1)CN(C(=O)c1cc3c(NC4CCCC4)n[nH]c3cc1O)C2)N1CCNCC1. The predicted octanol–water partition coefficient (Wildman–Crippen LogP) is 2.82. The summed E-state index contributed by atoms with van der Waals surface area (Å²) in [5.74, 6) is 0.457. The lowest BCUT2D eigenvalue weighted by atomic mass is 10.1. The molecule has 2 fully saturated rings. The van der Waals surface area contributed by atoms with Crippen LogP contribution in [0.15, 0.2) is 30.3 Å². The second-order valence-electron chi connectivity index (χ2n) is 9.80. The molecule has 2 amide bonds. The zero-order chi connectivity index (χ0) is 23.9. The van der Waals surface area contributed by atoms with Gasteiger partial charge < -0.3 is 25.5 Å². The van der Waals surface area contributed by atoms with Crippen LogP contribution in [0.3, 0.4) is 0 Å². The number of rotatable bonds is 4. The molecule has 0 bridgehead atoms. The number of H-pyrrole nitrogens is 1. The Bertz CT molecular complexity index is 1290. The molecule has 9 heteroatoms. The van der Waals surface area contributed by atoms with E-state index >= 15 is 0 Å². The minimum atomic E-state index is -0.233. The van der Waals surface area contributed by atoms with Gasteiger partial charge in [-0.2, -0.15) is 5.10 Å². The summed E-state index contributed by atoms with van der Waals surface area (Å²) in [6.07, 6.45) is 4.65.